The molecule has 2 aromatic heterocycles. The number of para-hydroxylation sites is 2. The van der Waals surface area contributed by atoms with Gasteiger partial charge in [-0.15, -0.1) is 0 Å². The van der Waals surface area contributed by atoms with Crippen LogP contribution < -0.4 is 4.90 Å². The molecule has 10 rings (SSSR count). The van der Waals surface area contributed by atoms with E-state index in [-0.39, 0.29) is 0 Å². The van der Waals surface area contributed by atoms with Crippen LogP contribution in [-0.2, 0) is 0 Å². The van der Waals surface area contributed by atoms with Gasteiger partial charge in [0, 0.05) is 55.5 Å². The molecule has 4 nitrogen and oxygen atoms in total. The van der Waals surface area contributed by atoms with Crippen LogP contribution in [0.4, 0.5) is 17.1 Å². The van der Waals surface area contributed by atoms with Gasteiger partial charge in [-0.3, -0.25) is 0 Å². The number of anilines is 3. The van der Waals surface area contributed by atoms with Crippen molar-refractivity contribution in [1.29, 1.82) is 0 Å². The number of fused-ring (bicyclic) bond motifs is 5. The zero-order valence-corrected chi connectivity index (χ0v) is 29.9. The summed E-state index contributed by atoms with van der Waals surface area (Å²) in [6.07, 6.45) is 0. The molecule has 0 fully saturated rings. The molecule has 0 unspecified atom stereocenters. The Kier molecular flexibility index (Phi) is 8.12. The minimum Gasteiger partial charge on any atom is -0.310 e. The summed E-state index contributed by atoms with van der Waals surface area (Å²) in [4.78, 5) is 17.9. The molecule has 0 saturated heterocycles. The predicted octanol–water partition coefficient (Wildman–Crippen LogP) is 13.5. The molecule has 258 valence electrons. The second-order valence-corrected chi connectivity index (χ2v) is 13.7. The van der Waals surface area contributed by atoms with E-state index in [1.54, 1.807) is 0 Å². The molecule has 2 heterocycles. The van der Waals surface area contributed by atoms with Crippen LogP contribution in [-0.4, -0.2) is 15.0 Å². The zero-order chi connectivity index (χ0) is 36.6. The van der Waals surface area contributed by atoms with Gasteiger partial charge < -0.3 is 4.90 Å². The minimum absolute atomic E-state index is 0.693. The molecule has 10 aromatic rings. The summed E-state index contributed by atoms with van der Waals surface area (Å²) < 4.78 is 0. The van der Waals surface area contributed by atoms with E-state index in [1.807, 2.05) is 36.4 Å². The first-order valence-electron chi connectivity index (χ1n) is 18.5. The van der Waals surface area contributed by atoms with E-state index in [0.717, 1.165) is 83.5 Å². The first-order valence-corrected chi connectivity index (χ1v) is 18.5. The van der Waals surface area contributed by atoms with Gasteiger partial charge in [0.2, 0.25) is 0 Å². The van der Waals surface area contributed by atoms with Crippen LogP contribution >= 0.6 is 0 Å². The van der Waals surface area contributed by atoms with E-state index >= 15 is 0 Å². The summed E-state index contributed by atoms with van der Waals surface area (Å²) in [6, 6.07) is 72.0. The van der Waals surface area contributed by atoms with Crippen molar-refractivity contribution in [2.75, 3.05) is 4.90 Å². The van der Waals surface area contributed by atoms with Crippen LogP contribution in [0, 0.1) is 0 Å². The summed E-state index contributed by atoms with van der Waals surface area (Å²) in [5.41, 5.74) is 11.1. The molecule has 0 N–H and O–H groups in total. The number of pyridine rings is 1. The number of hydrogen-bond donors (Lipinski definition) is 0. The lowest BCUT2D eigenvalue weighted by Crippen LogP contribution is -2.09. The normalized spacial score (nSPS) is 11.3. The SMILES string of the molecule is c1ccc(-c2cc(-c3ccccc3)nc(-c3ccc4c(ccc5c(-c6ccccc6)nc6cc(N(c7ccccc7)c7ccccc7)ccc6c54)c3)n2)cc1. The van der Waals surface area contributed by atoms with Gasteiger partial charge >= 0.3 is 0 Å². The highest BCUT2D eigenvalue weighted by Crippen LogP contribution is 2.41. The fourth-order valence-corrected chi connectivity index (χ4v) is 7.61. The van der Waals surface area contributed by atoms with Crippen molar-refractivity contribution in [2.45, 2.75) is 0 Å². The summed E-state index contributed by atoms with van der Waals surface area (Å²) in [5.74, 6) is 0.693. The van der Waals surface area contributed by atoms with E-state index in [0.29, 0.717) is 5.82 Å². The van der Waals surface area contributed by atoms with Crippen molar-refractivity contribution in [3.05, 3.63) is 206 Å². The van der Waals surface area contributed by atoms with Crippen molar-refractivity contribution >= 4 is 49.5 Å². The average molecular weight is 703 g/mol. The molecule has 0 atom stereocenters. The summed E-state index contributed by atoms with van der Waals surface area (Å²) in [7, 11) is 0. The smallest absolute Gasteiger partial charge is 0.160 e. The molecule has 0 bridgehead atoms. The van der Waals surface area contributed by atoms with Crippen molar-refractivity contribution < 1.29 is 0 Å². The van der Waals surface area contributed by atoms with E-state index in [2.05, 4.69) is 175 Å². The molecule has 0 aliphatic rings. The number of nitrogens with zero attached hydrogens (tertiary/aromatic N) is 4. The van der Waals surface area contributed by atoms with E-state index < -0.39 is 0 Å². The van der Waals surface area contributed by atoms with Crippen LogP contribution in [0.3, 0.4) is 0 Å². The van der Waals surface area contributed by atoms with Crippen LogP contribution in [0.1, 0.15) is 0 Å². The lowest BCUT2D eigenvalue weighted by molar-refractivity contribution is 1.18. The van der Waals surface area contributed by atoms with Gasteiger partial charge in [-0.1, -0.05) is 158 Å². The molecule has 0 spiro atoms. The van der Waals surface area contributed by atoms with Crippen LogP contribution in [0.15, 0.2) is 206 Å². The second-order valence-electron chi connectivity index (χ2n) is 13.7. The topological polar surface area (TPSA) is 41.9 Å². The van der Waals surface area contributed by atoms with Crippen LogP contribution in [0.5, 0.6) is 0 Å². The zero-order valence-electron chi connectivity index (χ0n) is 29.9. The molecule has 4 heteroatoms. The Hall–Kier alpha value is -7.43. The molecular weight excluding hydrogens is 669 g/mol. The Balaban J connectivity index is 1.18. The van der Waals surface area contributed by atoms with Crippen molar-refractivity contribution in [2.24, 2.45) is 0 Å². The Bertz CT molecular complexity index is 2850. The summed E-state index contributed by atoms with van der Waals surface area (Å²) in [6.45, 7) is 0. The highest BCUT2D eigenvalue weighted by molar-refractivity contribution is 6.23. The van der Waals surface area contributed by atoms with Gasteiger partial charge in [0.15, 0.2) is 5.82 Å². The third-order valence-corrected chi connectivity index (χ3v) is 10.2. The van der Waals surface area contributed by atoms with Crippen molar-refractivity contribution in [1.82, 2.24) is 15.0 Å². The first kappa shape index (κ1) is 32.2. The molecule has 55 heavy (non-hydrogen) atoms. The number of rotatable bonds is 7. The summed E-state index contributed by atoms with van der Waals surface area (Å²) in [5, 5.41) is 5.67. The lowest BCUT2D eigenvalue weighted by Gasteiger charge is -2.26. The van der Waals surface area contributed by atoms with Crippen LogP contribution in [0.25, 0.3) is 77.6 Å². The highest BCUT2D eigenvalue weighted by atomic mass is 15.1. The Labute approximate surface area is 319 Å². The van der Waals surface area contributed by atoms with Crippen LogP contribution in [0.2, 0.25) is 0 Å². The Morgan fingerprint density at radius 1 is 0.327 bits per heavy atom. The molecule has 0 aliphatic heterocycles. The number of aromatic nitrogens is 3. The Morgan fingerprint density at radius 3 is 1.42 bits per heavy atom. The second kappa shape index (κ2) is 13.8. The molecular formula is C51H34N4. The van der Waals surface area contributed by atoms with E-state index in [1.165, 1.54) is 5.39 Å². The predicted molar refractivity (Wildman–Crippen MR) is 229 cm³/mol. The van der Waals surface area contributed by atoms with Gasteiger partial charge in [0.25, 0.3) is 0 Å². The number of benzene rings is 8. The average Bonchev–Trinajstić information content (AvgIpc) is 3.27. The first-order chi connectivity index (χ1) is 27.3. The molecule has 0 saturated carbocycles. The monoisotopic (exact) mass is 702 g/mol. The largest absolute Gasteiger partial charge is 0.310 e. The molecule has 8 aromatic carbocycles. The maximum Gasteiger partial charge on any atom is 0.160 e. The molecule has 0 amide bonds. The fraction of sp³-hybridized carbons (Fsp3) is 0. The highest BCUT2D eigenvalue weighted by Gasteiger charge is 2.18. The van der Waals surface area contributed by atoms with Crippen molar-refractivity contribution in [3.63, 3.8) is 0 Å². The third kappa shape index (κ3) is 6.06. The molecule has 0 aliphatic carbocycles. The van der Waals surface area contributed by atoms with E-state index in [4.69, 9.17) is 15.0 Å². The number of hydrogen-bond acceptors (Lipinski definition) is 4. The fourth-order valence-electron chi connectivity index (χ4n) is 7.61. The third-order valence-electron chi connectivity index (χ3n) is 10.2. The standard InChI is InChI=1S/C51H34N4/c1-6-16-35(17-7-1)46-34-47(36-18-8-2-9-19-36)54-51(53-46)39-27-29-43-38(32-39)26-30-45-49(43)44-31-28-42(33-48(44)52-50(45)37-20-10-3-11-21-37)55(40-22-12-4-13-23-40)41-24-14-5-15-25-41/h1-34H. The lowest BCUT2D eigenvalue weighted by atomic mass is 9.94. The molecule has 0 radical (unpaired) electrons. The van der Waals surface area contributed by atoms with Gasteiger partial charge in [0.1, 0.15) is 0 Å². The van der Waals surface area contributed by atoms with Gasteiger partial charge in [0.05, 0.1) is 22.6 Å². The van der Waals surface area contributed by atoms with E-state index in [9.17, 15) is 0 Å². The van der Waals surface area contributed by atoms with Crippen molar-refractivity contribution in [3.8, 4) is 45.2 Å². The Morgan fingerprint density at radius 2 is 0.836 bits per heavy atom. The van der Waals surface area contributed by atoms with Gasteiger partial charge in [-0.05, 0) is 59.3 Å². The minimum atomic E-state index is 0.693. The maximum absolute atomic E-state index is 5.41. The quantitative estimate of drug-likeness (QED) is 0.155. The summed E-state index contributed by atoms with van der Waals surface area (Å²) >= 11 is 0. The maximum atomic E-state index is 5.41. The van der Waals surface area contributed by atoms with Gasteiger partial charge in [-0.25, -0.2) is 15.0 Å². The van der Waals surface area contributed by atoms with Gasteiger partial charge in [-0.2, -0.15) is 0 Å².